The number of aliphatic hydroxyl groups is 1. The quantitative estimate of drug-likeness (QED) is 0.923. The minimum atomic E-state index is -0.975. The molecule has 0 amide bonds. The highest BCUT2D eigenvalue weighted by Gasteiger charge is 2.24. The van der Waals surface area contributed by atoms with Gasteiger partial charge in [-0.25, -0.2) is 0 Å². The zero-order valence-electron chi connectivity index (χ0n) is 12.5. The zero-order chi connectivity index (χ0) is 14.7. The zero-order valence-corrected chi connectivity index (χ0v) is 12.5. The number of hydrogen-bond donors (Lipinski definition) is 1. The van der Waals surface area contributed by atoms with Gasteiger partial charge in [-0.1, -0.05) is 36.4 Å². The van der Waals surface area contributed by atoms with Crippen molar-refractivity contribution < 1.29 is 9.84 Å². The molecule has 0 aromatic heterocycles. The summed E-state index contributed by atoms with van der Waals surface area (Å²) in [5.74, 6) is 0.854. The van der Waals surface area contributed by atoms with Gasteiger partial charge in [0.25, 0.3) is 0 Å². The van der Waals surface area contributed by atoms with Crippen molar-refractivity contribution in [2.45, 2.75) is 38.2 Å². The number of hydrogen-bond acceptors (Lipinski definition) is 2. The Bertz CT molecular complexity index is 602. The Morgan fingerprint density at radius 3 is 2.48 bits per heavy atom. The fourth-order valence-electron chi connectivity index (χ4n) is 2.90. The smallest absolute Gasteiger partial charge is 0.121 e. The molecule has 0 heterocycles. The summed E-state index contributed by atoms with van der Waals surface area (Å²) >= 11 is 0. The van der Waals surface area contributed by atoms with E-state index in [0.29, 0.717) is 0 Å². The van der Waals surface area contributed by atoms with Crippen LogP contribution in [0.25, 0.3) is 0 Å². The lowest BCUT2D eigenvalue weighted by Gasteiger charge is -2.24. The summed E-state index contributed by atoms with van der Waals surface area (Å²) < 4.78 is 5.84. The lowest BCUT2D eigenvalue weighted by Crippen LogP contribution is -2.29. The highest BCUT2D eigenvalue weighted by atomic mass is 16.5. The normalized spacial score (nSPS) is 16.9. The summed E-state index contributed by atoms with van der Waals surface area (Å²) in [5.41, 5.74) is 2.75. The van der Waals surface area contributed by atoms with E-state index in [9.17, 15) is 5.11 Å². The number of aryl methyl sites for hydroxylation is 2. The Kier molecular flexibility index (Phi) is 3.98. The number of fused-ring (bicyclic) bond motifs is 1. The SMILES string of the molecule is CC(O)(COc1ccc2c(c1)CCCC2)c1ccccc1. The predicted octanol–water partition coefficient (Wildman–Crippen LogP) is 3.85. The third-order valence-corrected chi connectivity index (χ3v) is 4.24. The van der Waals surface area contributed by atoms with E-state index in [1.165, 1.54) is 30.4 Å². The van der Waals surface area contributed by atoms with E-state index in [1.807, 2.05) is 36.4 Å². The molecule has 0 bridgehead atoms. The van der Waals surface area contributed by atoms with Crippen LogP contribution in [0.5, 0.6) is 5.75 Å². The molecule has 21 heavy (non-hydrogen) atoms. The van der Waals surface area contributed by atoms with E-state index in [2.05, 4.69) is 12.1 Å². The van der Waals surface area contributed by atoms with Crippen molar-refractivity contribution in [1.29, 1.82) is 0 Å². The molecule has 110 valence electrons. The molecule has 1 atom stereocenters. The van der Waals surface area contributed by atoms with Crippen molar-refractivity contribution in [1.82, 2.24) is 0 Å². The Morgan fingerprint density at radius 1 is 1.00 bits per heavy atom. The topological polar surface area (TPSA) is 29.5 Å². The average Bonchev–Trinajstić information content (AvgIpc) is 2.54. The molecular weight excluding hydrogens is 260 g/mol. The van der Waals surface area contributed by atoms with Gasteiger partial charge in [-0.15, -0.1) is 0 Å². The van der Waals surface area contributed by atoms with E-state index in [-0.39, 0.29) is 6.61 Å². The largest absolute Gasteiger partial charge is 0.490 e. The Morgan fingerprint density at radius 2 is 1.71 bits per heavy atom. The minimum absolute atomic E-state index is 0.260. The number of ether oxygens (including phenoxy) is 1. The third-order valence-electron chi connectivity index (χ3n) is 4.24. The molecule has 0 saturated carbocycles. The molecule has 0 aliphatic heterocycles. The van der Waals surface area contributed by atoms with Gasteiger partial charge in [-0.3, -0.25) is 0 Å². The molecule has 2 aromatic rings. The van der Waals surface area contributed by atoms with Gasteiger partial charge in [0.05, 0.1) is 0 Å². The summed E-state index contributed by atoms with van der Waals surface area (Å²) in [4.78, 5) is 0. The molecule has 2 heteroatoms. The number of rotatable bonds is 4. The van der Waals surface area contributed by atoms with Crippen molar-refractivity contribution in [3.8, 4) is 5.75 Å². The molecule has 0 radical (unpaired) electrons. The first-order chi connectivity index (χ1) is 10.1. The van der Waals surface area contributed by atoms with Crippen LogP contribution in [0.15, 0.2) is 48.5 Å². The standard InChI is InChI=1S/C19H22O2/c1-19(20,17-9-3-2-4-10-17)14-21-18-12-11-15-7-5-6-8-16(15)13-18/h2-4,9-13,20H,5-8,14H2,1H3. The molecule has 0 fully saturated rings. The van der Waals surface area contributed by atoms with Crippen molar-refractivity contribution in [2.24, 2.45) is 0 Å². The fourth-order valence-corrected chi connectivity index (χ4v) is 2.90. The third kappa shape index (κ3) is 3.27. The number of benzene rings is 2. The van der Waals surface area contributed by atoms with Crippen molar-refractivity contribution in [2.75, 3.05) is 6.61 Å². The van der Waals surface area contributed by atoms with Gasteiger partial charge in [0.15, 0.2) is 0 Å². The summed E-state index contributed by atoms with van der Waals surface area (Å²) in [6.07, 6.45) is 4.87. The molecule has 1 aliphatic rings. The van der Waals surface area contributed by atoms with Crippen LogP contribution in [-0.4, -0.2) is 11.7 Å². The molecule has 2 aromatic carbocycles. The van der Waals surface area contributed by atoms with E-state index in [0.717, 1.165) is 17.7 Å². The van der Waals surface area contributed by atoms with Gasteiger partial charge >= 0.3 is 0 Å². The highest BCUT2D eigenvalue weighted by Crippen LogP contribution is 2.27. The molecule has 2 nitrogen and oxygen atoms in total. The van der Waals surface area contributed by atoms with Crippen LogP contribution in [0, 0.1) is 0 Å². The molecule has 0 spiro atoms. The maximum absolute atomic E-state index is 10.6. The Hall–Kier alpha value is -1.80. The lowest BCUT2D eigenvalue weighted by atomic mass is 9.92. The van der Waals surface area contributed by atoms with Gasteiger partial charge < -0.3 is 9.84 Å². The highest BCUT2D eigenvalue weighted by molar-refractivity contribution is 5.37. The molecular formula is C19H22O2. The van der Waals surface area contributed by atoms with Crippen LogP contribution < -0.4 is 4.74 Å². The Labute approximate surface area is 126 Å². The molecule has 3 rings (SSSR count). The van der Waals surface area contributed by atoms with Gasteiger partial charge in [0.2, 0.25) is 0 Å². The second-order valence-electron chi connectivity index (χ2n) is 6.07. The Balaban J connectivity index is 1.70. The van der Waals surface area contributed by atoms with Crippen molar-refractivity contribution in [3.05, 3.63) is 65.2 Å². The fraction of sp³-hybridized carbons (Fsp3) is 0.368. The first-order valence-electron chi connectivity index (χ1n) is 7.68. The van der Waals surface area contributed by atoms with E-state index >= 15 is 0 Å². The summed E-state index contributed by atoms with van der Waals surface area (Å²) in [6, 6.07) is 16.0. The maximum atomic E-state index is 10.6. The van der Waals surface area contributed by atoms with E-state index in [1.54, 1.807) is 6.92 Å². The summed E-state index contributed by atoms with van der Waals surface area (Å²) in [6.45, 7) is 2.05. The van der Waals surface area contributed by atoms with E-state index < -0.39 is 5.60 Å². The van der Waals surface area contributed by atoms with Crippen LogP contribution in [-0.2, 0) is 18.4 Å². The first kappa shape index (κ1) is 14.2. The van der Waals surface area contributed by atoms with Crippen LogP contribution in [0.4, 0.5) is 0 Å². The van der Waals surface area contributed by atoms with Gasteiger partial charge in [-0.05, 0) is 61.4 Å². The van der Waals surface area contributed by atoms with Crippen molar-refractivity contribution in [3.63, 3.8) is 0 Å². The van der Waals surface area contributed by atoms with Gasteiger partial charge in [-0.2, -0.15) is 0 Å². The van der Waals surface area contributed by atoms with Crippen LogP contribution >= 0.6 is 0 Å². The van der Waals surface area contributed by atoms with Gasteiger partial charge in [0.1, 0.15) is 18.0 Å². The first-order valence-corrected chi connectivity index (χ1v) is 7.68. The minimum Gasteiger partial charge on any atom is -0.490 e. The van der Waals surface area contributed by atoms with Crippen LogP contribution in [0.3, 0.4) is 0 Å². The maximum Gasteiger partial charge on any atom is 0.121 e. The molecule has 1 aliphatic carbocycles. The average molecular weight is 282 g/mol. The molecule has 0 saturated heterocycles. The predicted molar refractivity (Wildman–Crippen MR) is 84.6 cm³/mol. The van der Waals surface area contributed by atoms with Crippen molar-refractivity contribution >= 4 is 0 Å². The van der Waals surface area contributed by atoms with E-state index in [4.69, 9.17) is 4.74 Å². The second-order valence-corrected chi connectivity index (χ2v) is 6.07. The monoisotopic (exact) mass is 282 g/mol. The van der Waals surface area contributed by atoms with Crippen LogP contribution in [0.2, 0.25) is 0 Å². The lowest BCUT2D eigenvalue weighted by molar-refractivity contribution is 0.00756. The summed E-state index contributed by atoms with van der Waals surface area (Å²) in [5, 5.41) is 10.6. The van der Waals surface area contributed by atoms with Crippen LogP contribution in [0.1, 0.15) is 36.5 Å². The molecule has 1 N–H and O–H groups in total. The summed E-state index contributed by atoms with van der Waals surface area (Å²) in [7, 11) is 0. The van der Waals surface area contributed by atoms with Gasteiger partial charge in [0, 0.05) is 0 Å². The second kappa shape index (κ2) is 5.90. The molecule has 1 unspecified atom stereocenters.